The van der Waals surface area contributed by atoms with Gasteiger partial charge in [-0.05, 0) is 72.5 Å². The van der Waals surface area contributed by atoms with Crippen molar-refractivity contribution in [3.05, 3.63) is 70.8 Å². The lowest BCUT2D eigenvalue weighted by Crippen LogP contribution is -2.08. The number of anilines is 2. The Hall–Kier alpha value is -2.81. The number of ketones is 1. The van der Waals surface area contributed by atoms with Crippen molar-refractivity contribution >= 4 is 29.3 Å². The molecule has 2 aromatic rings. The third-order valence-corrected chi connectivity index (χ3v) is 4.30. The normalized spacial score (nSPS) is 12.1. The molecule has 0 amide bonds. The molecule has 3 nitrogen and oxygen atoms in total. The third-order valence-electron chi connectivity index (χ3n) is 4.30. The largest absolute Gasteiger partial charge is 0.378 e. The number of carbonyl (C=O) groups excluding carboxylic acids is 1. The highest BCUT2D eigenvalue weighted by molar-refractivity contribution is 6.12. The molecule has 2 rings (SSSR count). The second-order valence-electron chi connectivity index (χ2n) is 6.96. The van der Waals surface area contributed by atoms with Gasteiger partial charge in [0, 0.05) is 39.6 Å². The van der Waals surface area contributed by atoms with E-state index in [-0.39, 0.29) is 5.78 Å². The molecule has 0 aliphatic carbocycles. The second kappa shape index (κ2) is 8.52. The Labute approximate surface area is 157 Å². The van der Waals surface area contributed by atoms with Gasteiger partial charge in [0.1, 0.15) is 0 Å². The Kier molecular flexibility index (Phi) is 6.40. The molecule has 0 fully saturated rings. The lowest BCUT2D eigenvalue weighted by Gasteiger charge is -2.12. The summed E-state index contributed by atoms with van der Waals surface area (Å²) >= 11 is 0. The molecule has 2 aromatic carbocycles. The minimum atomic E-state index is 0.0679. The molecular formula is C23H28N2O. The fraction of sp³-hybridized carbons (Fsp3) is 0.261. The molecule has 0 aliphatic heterocycles. The number of hydrogen-bond donors (Lipinski definition) is 0. The van der Waals surface area contributed by atoms with Gasteiger partial charge >= 0.3 is 0 Å². The second-order valence-corrected chi connectivity index (χ2v) is 6.96. The van der Waals surface area contributed by atoms with Gasteiger partial charge in [-0.3, -0.25) is 4.79 Å². The van der Waals surface area contributed by atoms with Gasteiger partial charge in [0.25, 0.3) is 0 Å². The summed E-state index contributed by atoms with van der Waals surface area (Å²) in [5.74, 6) is 0.0679. The summed E-state index contributed by atoms with van der Waals surface area (Å²) in [7, 11) is 8.05. The summed E-state index contributed by atoms with van der Waals surface area (Å²) in [6, 6.07) is 16.3. The van der Waals surface area contributed by atoms with Crippen molar-refractivity contribution < 1.29 is 4.79 Å². The Balaban J connectivity index is 2.15. The molecule has 0 atom stereocenters. The molecule has 0 radical (unpaired) electrons. The number of benzene rings is 2. The molecule has 0 aromatic heterocycles. The van der Waals surface area contributed by atoms with Gasteiger partial charge in [-0.25, -0.2) is 0 Å². The minimum absolute atomic E-state index is 0.0679. The number of hydrogen-bond acceptors (Lipinski definition) is 3. The summed E-state index contributed by atoms with van der Waals surface area (Å²) in [5.41, 5.74) is 5.82. The zero-order valence-corrected chi connectivity index (χ0v) is 16.6. The van der Waals surface area contributed by atoms with Crippen LogP contribution in [0.15, 0.2) is 59.7 Å². The molecule has 0 heterocycles. The van der Waals surface area contributed by atoms with Crippen molar-refractivity contribution in [2.45, 2.75) is 13.8 Å². The topological polar surface area (TPSA) is 23.6 Å². The van der Waals surface area contributed by atoms with E-state index in [1.807, 2.05) is 78.5 Å². The maximum atomic E-state index is 12.6. The van der Waals surface area contributed by atoms with Gasteiger partial charge in [-0.15, -0.1) is 0 Å². The quantitative estimate of drug-likeness (QED) is 0.694. The maximum Gasteiger partial charge on any atom is 0.184 e. The predicted octanol–water partition coefficient (Wildman–Crippen LogP) is 4.89. The highest BCUT2D eigenvalue weighted by Gasteiger charge is 2.08. The third kappa shape index (κ3) is 5.09. The van der Waals surface area contributed by atoms with E-state index >= 15 is 0 Å². The van der Waals surface area contributed by atoms with Crippen LogP contribution >= 0.6 is 0 Å². The molecule has 0 spiro atoms. The van der Waals surface area contributed by atoms with Crippen LogP contribution in [0.2, 0.25) is 0 Å². The molecule has 0 unspecified atom stereocenters. The van der Waals surface area contributed by atoms with Crippen molar-refractivity contribution in [3.8, 4) is 0 Å². The standard InChI is InChI=1S/C23H28N2O/c1-17(15-19-7-11-21(12-8-19)24(3)4)23(26)18(2)16-20-9-13-22(14-10-20)25(5)6/h7-16H,1-6H3. The number of carbonyl (C=O) groups is 1. The molecule has 0 saturated carbocycles. The Morgan fingerprint density at radius 3 is 1.23 bits per heavy atom. The van der Waals surface area contributed by atoms with Crippen LogP contribution in [0, 0.1) is 0 Å². The highest BCUT2D eigenvalue weighted by atomic mass is 16.1. The van der Waals surface area contributed by atoms with Crippen molar-refractivity contribution in [1.29, 1.82) is 0 Å². The first-order chi connectivity index (χ1) is 12.3. The lowest BCUT2D eigenvalue weighted by molar-refractivity contribution is -0.112. The summed E-state index contributed by atoms with van der Waals surface area (Å²) < 4.78 is 0. The van der Waals surface area contributed by atoms with Crippen LogP contribution in [-0.2, 0) is 4.79 Å². The van der Waals surface area contributed by atoms with Crippen LogP contribution < -0.4 is 9.80 Å². The Bertz CT molecular complexity index is 741. The van der Waals surface area contributed by atoms with Gasteiger partial charge in [0.2, 0.25) is 0 Å². The lowest BCUT2D eigenvalue weighted by atomic mass is 10.0. The Morgan fingerprint density at radius 2 is 0.962 bits per heavy atom. The summed E-state index contributed by atoms with van der Waals surface area (Å²) in [6.45, 7) is 3.74. The zero-order valence-electron chi connectivity index (χ0n) is 16.6. The van der Waals surface area contributed by atoms with Gasteiger partial charge in [0.05, 0.1) is 0 Å². The zero-order chi connectivity index (χ0) is 19.3. The van der Waals surface area contributed by atoms with Gasteiger partial charge in [-0.1, -0.05) is 24.3 Å². The van der Waals surface area contributed by atoms with Crippen LogP contribution in [0.5, 0.6) is 0 Å². The highest BCUT2D eigenvalue weighted by Crippen LogP contribution is 2.18. The Morgan fingerprint density at radius 1 is 0.654 bits per heavy atom. The monoisotopic (exact) mass is 348 g/mol. The molecular weight excluding hydrogens is 320 g/mol. The van der Waals surface area contributed by atoms with E-state index < -0.39 is 0 Å². The van der Waals surface area contributed by atoms with Gasteiger partial charge < -0.3 is 9.80 Å². The minimum Gasteiger partial charge on any atom is -0.378 e. The average Bonchev–Trinajstić information content (AvgIpc) is 2.61. The molecule has 0 saturated heterocycles. The van der Waals surface area contributed by atoms with Crippen LogP contribution in [0.25, 0.3) is 12.2 Å². The van der Waals surface area contributed by atoms with E-state index in [0.29, 0.717) is 0 Å². The first kappa shape index (κ1) is 19.5. The maximum absolute atomic E-state index is 12.6. The predicted molar refractivity (Wildman–Crippen MR) is 114 cm³/mol. The van der Waals surface area contributed by atoms with E-state index in [9.17, 15) is 4.79 Å². The average molecular weight is 348 g/mol. The number of Topliss-reactive ketones (excluding diaryl/α,β-unsaturated/α-hetero) is 1. The van der Waals surface area contributed by atoms with Crippen molar-refractivity contribution in [2.24, 2.45) is 0 Å². The van der Waals surface area contributed by atoms with E-state index in [4.69, 9.17) is 0 Å². The molecule has 0 bridgehead atoms. The van der Waals surface area contributed by atoms with E-state index in [1.165, 1.54) is 0 Å². The first-order valence-corrected chi connectivity index (χ1v) is 8.74. The van der Waals surface area contributed by atoms with Crippen molar-refractivity contribution in [2.75, 3.05) is 38.0 Å². The first-order valence-electron chi connectivity index (χ1n) is 8.74. The van der Waals surface area contributed by atoms with Crippen LogP contribution in [0.3, 0.4) is 0 Å². The van der Waals surface area contributed by atoms with Crippen LogP contribution in [0.1, 0.15) is 25.0 Å². The van der Waals surface area contributed by atoms with Crippen LogP contribution in [-0.4, -0.2) is 34.0 Å². The molecule has 0 aliphatic rings. The van der Waals surface area contributed by atoms with E-state index in [1.54, 1.807) is 0 Å². The fourth-order valence-corrected chi connectivity index (χ4v) is 2.68. The summed E-state index contributed by atoms with van der Waals surface area (Å²) in [6.07, 6.45) is 3.88. The number of allylic oxidation sites excluding steroid dienone is 2. The number of rotatable bonds is 6. The molecule has 0 N–H and O–H groups in total. The van der Waals surface area contributed by atoms with Crippen LogP contribution in [0.4, 0.5) is 11.4 Å². The van der Waals surface area contributed by atoms with Crippen molar-refractivity contribution in [1.82, 2.24) is 0 Å². The molecule has 3 heteroatoms. The summed E-state index contributed by atoms with van der Waals surface area (Å²) in [5, 5.41) is 0. The van der Waals surface area contributed by atoms with Gasteiger partial charge in [0.15, 0.2) is 5.78 Å². The van der Waals surface area contributed by atoms with E-state index in [2.05, 4.69) is 34.1 Å². The smallest absolute Gasteiger partial charge is 0.184 e. The van der Waals surface area contributed by atoms with Gasteiger partial charge in [-0.2, -0.15) is 0 Å². The SMILES string of the molecule is CC(=Cc1ccc(N(C)C)cc1)C(=O)C(C)=Cc1ccc(N(C)C)cc1. The number of nitrogens with zero attached hydrogens (tertiary/aromatic N) is 2. The summed E-state index contributed by atoms with van der Waals surface area (Å²) in [4.78, 5) is 16.8. The fourth-order valence-electron chi connectivity index (χ4n) is 2.68. The molecule has 136 valence electrons. The molecule has 26 heavy (non-hydrogen) atoms. The van der Waals surface area contributed by atoms with Crippen molar-refractivity contribution in [3.63, 3.8) is 0 Å². The van der Waals surface area contributed by atoms with E-state index in [0.717, 1.165) is 33.6 Å².